The Hall–Kier alpha value is -2.10. The van der Waals surface area contributed by atoms with Crippen LogP contribution < -0.4 is 10.5 Å². The van der Waals surface area contributed by atoms with Gasteiger partial charge in [0.15, 0.2) is 0 Å². The molecule has 0 radical (unpaired) electrons. The summed E-state index contributed by atoms with van der Waals surface area (Å²) in [6.07, 6.45) is 0. The average Bonchev–Trinajstić information content (AvgIpc) is 2.32. The van der Waals surface area contributed by atoms with Crippen LogP contribution in [0.5, 0.6) is 5.75 Å². The Balaban J connectivity index is 2.58. The monoisotopic (exact) mass is 232 g/mol. The zero-order valence-electron chi connectivity index (χ0n) is 9.70. The molecule has 3 nitrogen and oxygen atoms in total. The second-order valence-corrected chi connectivity index (χ2v) is 3.72. The van der Waals surface area contributed by atoms with Gasteiger partial charge >= 0.3 is 0 Å². The molecule has 1 aromatic heterocycles. The van der Waals surface area contributed by atoms with Gasteiger partial charge in [0.25, 0.3) is 0 Å². The molecule has 1 aromatic carbocycles. The van der Waals surface area contributed by atoms with Crippen molar-refractivity contribution in [1.29, 1.82) is 0 Å². The predicted molar refractivity (Wildman–Crippen MR) is 65.3 cm³/mol. The Morgan fingerprint density at radius 2 is 2.00 bits per heavy atom. The van der Waals surface area contributed by atoms with Gasteiger partial charge in [-0.2, -0.15) is 0 Å². The molecule has 0 bridgehead atoms. The number of halogens is 1. The maximum atomic E-state index is 13.2. The normalized spacial score (nSPS) is 10.3. The van der Waals surface area contributed by atoms with E-state index in [-0.39, 0.29) is 5.82 Å². The van der Waals surface area contributed by atoms with Crippen molar-refractivity contribution in [2.24, 2.45) is 0 Å². The summed E-state index contributed by atoms with van der Waals surface area (Å²) in [7, 11) is 1.54. The van der Waals surface area contributed by atoms with Crippen molar-refractivity contribution >= 4 is 5.69 Å². The first-order chi connectivity index (χ1) is 8.11. The molecule has 2 aromatic rings. The van der Waals surface area contributed by atoms with Crippen molar-refractivity contribution in [3.05, 3.63) is 41.8 Å². The summed E-state index contributed by atoms with van der Waals surface area (Å²) in [6.45, 7) is 1.81. The van der Waals surface area contributed by atoms with Crippen LogP contribution in [0.4, 0.5) is 10.1 Å². The first-order valence-corrected chi connectivity index (χ1v) is 5.19. The third-order valence-electron chi connectivity index (χ3n) is 2.56. The highest BCUT2D eigenvalue weighted by molar-refractivity contribution is 5.68. The highest BCUT2D eigenvalue weighted by Gasteiger charge is 2.09. The molecule has 2 rings (SSSR count). The SMILES string of the molecule is COc1ccc(F)cc1-c1ccc(N)c(C)n1. The fraction of sp³-hybridized carbons (Fsp3) is 0.154. The number of rotatable bonds is 2. The third-order valence-corrected chi connectivity index (χ3v) is 2.56. The number of aryl methyl sites for hydroxylation is 1. The minimum Gasteiger partial charge on any atom is -0.496 e. The van der Waals surface area contributed by atoms with Crippen LogP contribution in [0, 0.1) is 12.7 Å². The van der Waals surface area contributed by atoms with Gasteiger partial charge in [-0.3, -0.25) is 4.98 Å². The van der Waals surface area contributed by atoms with Crippen molar-refractivity contribution in [1.82, 2.24) is 4.98 Å². The number of pyridine rings is 1. The van der Waals surface area contributed by atoms with E-state index in [0.717, 1.165) is 0 Å². The smallest absolute Gasteiger partial charge is 0.128 e. The summed E-state index contributed by atoms with van der Waals surface area (Å²) in [6, 6.07) is 7.84. The van der Waals surface area contributed by atoms with Crippen LogP contribution >= 0.6 is 0 Å². The lowest BCUT2D eigenvalue weighted by atomic mass is 10.1. The number of hydrogen-bond acceptors (Lipinski definition) is 3. The van der Waals surface area contributed by atoms with Crippen LogP contribution in [0.1, 0.15) is 5.69 Å². The summed E-state index contributed by atoms with van der Waals surface area (Å²) >= 11 is 0. The molecule has 0 aliphatic carbocycles. The Morgan fingerprint density at radius 3 is 2.65 bits per heavy atom. The van der Waals surface area contributed by atoms with Crippen LogP contribution in [0.3, 0.4) is 0 Å². The van der Waals surface area contributed by atoms with Gasteiger partial charge in [0.2, 0.25) is 0 Å². The van der Waals surface area contributed by atoms with Crippen LogP contribution in [0.15, 0.2) is 30.3 Å². The summed E-state index contributed by atoms with van der Waals surface area (Å²) < 4.78 is 18.4. The lowest BCUT2D eigenvalue weighted by molar-refractivity contribution is 0.415. The van der Waals surface area contributed by atoms with Crippen LogP contribution in [-0.4, -0.2) is 12.1 Å². The molecule has 0 atom stereocenters. The van der Waals surface area contributed by atoms with Gasteiger partial charge < -0.3 is 10.5 Å². The van der Waals surface area contributed by atoms with E-state index in [2.05, 4.69) is 4.98 Å². The standard InChI is InChI=1S/C13H13FN2O/c1-8-11(15)4-5-12(16-8)10-7-9(14)3-6-13(10)17-2/h3-7H,15H2,1-2H3. The van der Waals surface area contributed by atoms with Crippen LogP contribution in [-0.2, 0) is 0 Å². The molecule has 0 aliphatic rings. The van der Waals surface area contributed by atoms with Gasteiger partial charge in [-0.05, 0) is 37.3 Å². The molecule has 2 N–H and O–H groups in total. The number of methoxy groups -OCH3 is 1. The highest BCUT2D eigenvalue weighted by Crippen LogP contribution is 2.30. The van der Waals surface area contributed by atoms with E-state index in [1.807, 2.05) is 6.92 Å². The maximum Gasteiger partial charge on any atom is 0.128 e. The molecule has 0 spiro atoms. The molecule has 4 heteroatoms. The Bertz CT molecular complexity index is 555. The summed E-state index contributed by atoms with van der Waals surface area (Å²) in [5, 5.41) is 0. The first kappa shape index (κ1) is 11.4. The molecule has 17 heavy (non-hydrogen) atoms. The number of nitrogens with two attached hydrogens (primary N) is 1. The van der Waals surface area contributed by atoms with E-state index in [1.165, 1.54) is 12.1 Å². The van der Waals surface area contributed by atoms with Crippen molar-refractivity contribution in [2.75, 3.05) is 12.8 Å². The third kappa shape index (κ3) is 2.20. The summed E-state index contributed by atoms with van der Waals surface area (Å²) in [5.41, 5.74) is 8.30. The zero-order chi connectivity index (χ0) is 12.4. The summed E-state index contributed by atoms with van der Waals surface area (Å²) in [5.74, 6) is 0.264. The minimum absolute atomic E-state index is 0.322. The van der Waals surface area contributed by atoms with Crippen LogP contribution in [0.2, 0.25) is 0 Å². The fourth-order valence-corrected chi connectivity index (χ4v) is 1.60. The van der Waals surface area contributed by atoms with Crippen molar-refractivity contribution in [2.45, 2.75) is 6.92 Å². The van der Waals surface area contributed by atoms with Gasteiger partial charge in [-0.15, -0.1) is 0 Å². The number of anilines is 1. The number of nitrogens with zero attached hydrogens (tertiary/aromatic N) is 1. The zero-order valence-corrected chi connectivity index (χ0v) is 9.70. The second kappa shape index (κ2) is 4.41. The highest BCUT2D eigenvalue weighted by atomic mass is 19.1. The first-order valence-electron chi connectivity index (χ1n) is 5.19. The molecule has 0 saturated heterocycles. The van der Waals surface area contributed by atoms with E-state index >= 15 is 0 Å². The van der Waals surface area contributed by atoms with E-state index in [4.69, 9.17) is 10.5 Å². The Labute approximate surface area is 99.1 Å². The second-order valence-electron chi connectivity index (χ2n) is 3.72. The Morgan fingerprint density at radius 1 is 1.24 bits per heavy atom. The number of hydrogen-bond donors (Lipinski definition) is 1. The molecule has 0 aliphatic heterocycles. The van der Waals surface area contributed by atoms with Gasteiger partial charge in [0, 0.05) is 5.56 Å². The minimum atomic E-state index is -0.322. The van der Waals surface area contributed by atoms with Gasteiger partial charge in [0.1, 0.15) is 11.6 Å². The van der Waals surface area contributed by atoms with Crippen molar-refractivity contribution < 1.29 is 9.13 Å². The molecule has 0 saturated carbocycles. The topological polar surface area (TPSA) is 48.1 Å². The molecule has 1 heterocycles. The number of nitrogen functional groups attached to an aromatic ring is 1. The lowest BCUT2D eigenvalue weighted by Gasteiger charge is -2.09. The number of aromatic nitrogens is 1. The molecule has 88 valence electrons. The fourth-order valence-electron chi connectivity index (χ4n) is 1.60. The quantitative estimate of drug-likeness (QED) is 0.866. The molecule has 0 amide bonds. The molecule has 0 unspecified atom stereocenters. The van der Waals surface area contributed by atoms with Gasteiger partial charge in [0.05, 0.1) is 24.2 Å². The molecular weight excluding hydrogens is 219 g/mol. The predicted octanol–water partition coefficient (Wildman–Crippen LogP) is 2.79. The van der Waals surface area contributed by atoms with E-state index in [0.29, 0.717) is 28.4 Å². The van der Waals surface area contributed by atoms with Crippen molar-refractivity contribution in [3.8, 4) is 17.0 Å². The van der Waals surface area contributed by atoms with Crippen LogP contribution in [0.25, 0.3) is 11.3 Å². The average molecular weight is 232 g/mol. The maximum absolute atomic E-state index is 13.2. The number of benzene rings is 1. The van der Waals surface area contributed by atoms with E-state index in [1.54, 1.807) is 25.3 Å². The van der Waals surface area contributed by atoms with Gasteiger partial charge in [-0.25, -0.2) is 4.39 Å². The molecular formula is C13H13FN2O. The number of ether oxygens (including phenoxy) is 1. The Kier molecular flexibility index (Phi) is 2.95. The lowest BCUT2D eigenvalue weighted by Crippen LogP contribution is -1.96. The molecule has 0 fully saturated rings. The largest absolute Gasteiger partial charge is 0.496 e. The van der Waals surface area contributed by atoms with Crippen molar-refractivity contribution in [3.63, 3.8) is 0 Å². The summed E-state index contributed by atoms with van der Waals surface area (Å²) in [4.78, 5) is 4.32. The van der Waals surface area contributed by atoms with E-state index in [9.17, 15) is 4.39 Å². The van der Waals surface area contributed by atoms with Gasteiger partial charge in [-0.1, -0.05) is 0 Å². The van der Waals surface area contributed by atoms with E-state index < -0.39 is 0 Å².